The minimum atomic E-state index is -0.378. The van der Waals surface area contributed by atoms with Crippen LogP contribution in [0.5, 0.6) is 0 Å². The van der Waals surface area contributed by atoms with E-state index in [1.54, 1.807) is 23.5 Å². The summed E-state index contributed by atoms with van der Waals surface area (Å²) in [7, 11) is 0. The largest absolute Gasteiger partial charge is 0.270 e. The minimum absolute atomic E-state index is 0.108. The highest BCUT2D eigenvalue weighted by Gasteiger charge is 2.11. The van der Waals surface area contributed by atoms with Gasteiger partial charge in [0, 0.05) is 22.9 Å². The van der Waals surface area contributed by atoms with Gasteiger partial charge in [-0.25, -0.2) is 4.98 Å². The number of nitro groups is 1. The Bertz CT molecular complexity index is 749. The number of hydrogen-bond acceptors (Lipinski definition) is 4. The third-order valence-electron chi connectivity index (χ3n) is 2.87. The molecule has 3 rings (SSSR count). The highest BCUT2D eigenvalue weighted by molar-refractivity contribution is 7.16. The standard InChI is InChI=1S/C12H8N2O2S/c1-7-9-4-5-17-12(9)13-11-3-2-8(14(15)16)6-10(7)11/h2-6H,1H3. The molecular weight excluding hydrogens is 236 g/mol. The number of nitrogens with zero attached hydrogens (tertiary/aromatic N) is 2. The fourth-order valence-electron chi connectivity index (χ4n) is 1.96. The van der Waals surface area contributed by atoms with Crippen molar-refractivity contribution in [3.8, 4) is 0 Å². The van der Waals surface area contributed by atoms with Gasteiger partial charge in [-0.1, -0.05) is 0 Å². The molecule has 2 aromatic heterocycles. The molecule has 0 fully saturated rings. The first-order valence-corrected chi connectivity index (χ1v) is 5.97. The predicted molar refractivity (Wildman–Crippen MR) is 68.5 cm³/mol. The van der Waals surface area contributed by atoms with Crippen LogP contribution in [-0.4, -0.2) is 9.91 Å². The molecule has 84 valence electrons. The molecule has 0 saturated heterocycles. The number of aryl methyl sites for hydroxylation is 1. The van der Waals surface area contributed by atoms with Crippen LogP contribution in [0, 0.1) is 17.0 Å². The van der Waals surface area contributed by atoms with Crippen molar-refractivity contribution >= 4 is 38.1 Å². The number of benzene rings is 1. The van der Waals surface area contributed by atoms with E-state index in [1.165, 1.54) is 6.07 Å². The lowest BCUT2D eigenvalue weighted by Crippen LogP contribution is -1.90. The topological polar surface area (TPSA) is 56.0 Å². The van der Waals surface area contributed by atoms with Gasteiger partial charge in [-0.15, -0.1) is 11.3 Å². The maximum Gasteiger partial charge on any atom is 0.270 e. The quantitative estimate of drug-likeness (QED) is 0.484. The Hall–Kier alpha value is -2.01. The van der Waals surface area contributed by atoms with Crippen molar-refractivity contribution in [2.75, 3.05) is 0 Å². The summed E-state index contributed by atoms with van der Waals surface area (Å²) in [6.07, 6.45) is 0. The van der Waals surface area contributed by atoms with E-state index < -0.39 is 0 Å². The van der Waals surface area contributed by atoms with Crippen molar-refractivity contribution in [3.63, 3.8) is 0 Å². The Balaban J connectivity index is 2.45. The highest BCUT2D eigenvalue weighted by Crippen LogP contribution is 2.30. The molecule has 17 heavy (non-hydrogen) atoms. The average molecular weight is 244 g/mol. The Kier molecular flexibility index (Phi) is 2.09. The maximum atomic E-state index is 10.8. The second-order valence-corrected chi connectivity index (χ2v) is 4.73. The van der Waals surface area contributed by atoms with Crippen molar-refractivity contribution in [1.29, 1.82) is 0 Å². The number of pyridine rings is 1. The number of fused-ring (bicyclic) bond motifs is 2. The second kappa shape index (κ2) is 3.49. The molecule has 0 aliphatic rings. The average Bonchev–Trinajstić information content (AvgIpc) is 2.77. The highest BCUT2D eigenvalue weighted by atomic mass is 32.1. The van der Waals surface area contributed by atoms with Gasteiger partial charge in [0.2, 0.25) is 0 Å². The first-order valence-electron chi connectivity index (χ1n) is 5.09. The molecule has 0 aliphatic heterocycles. The molecule has 3 aromatic rings. The van der Waals surface area contributed by atoms with E-state index in [-0.39, 0.29) is 10.6 Å². The van der Waals surface area contributed by atoms with Crippen molar-refractivity contribution in [1.82, 2.24) is 4.98 Å². The van der Waals surface area contributed by atoms with Crippen LogP contribution in [0.1, 0.15) is 5.56 Å². The molecule has 0 atom stereocenters. The van der Waals surface area contributed by atoms with E-state index in [0.717, 1.165) is 26.7 Å². The molecule has 0 amide bonds. The van der Waals surface area contributed by atoms with Gasteiger partial charge in [-0.2, -0.15) is 0 Å². The molecule has 0 saturated carbocycles. The second-order valence-electron chi connectivity index (χ2n) is 3.83. The monoisotopic (exact) mass is 244 g/mol. The van der Waals surface area contributed by atoms with Crippen LogP contribution in [0.15, 0.2) is 29.6 Å². The Labute approximate surface area is 101 Å². The number of thiophene rings is 1. The van der Waals surface area contributed by atoms with Gasteiger partial charge in [-0.05, 0) is 30.0 Å². The number of aromatic nitrogens is 1. The first kappa shape index (κ1) is 10.2. The van der Waals surface area contributed by atoms with E-state index in [0.29, 0.717) is 0 Å². The molecule has 0 radical (unpaired) electrons. The molecule has 2 heterocycles. The Morgan fingerprint density at radius 1 is 1.29 bits per heavy atom. The molecular formula is C12H8N2O2S. The smallest absolute Gasteiger partial charge is 0.258 e. The fourth-order valence-corrected chi connectivity index (χ4v) is 2.80. The van der Waals surface area contributed by atoms with Crippen LogP contribution in [0.3, 0.4) is 0 Å². The third-order valence-corrected chi connectivity index (χ3v) is 3.67. The lowest BCUT2D eigenvalue weighted by molar-refractivity contribution is -0.384. The van der Waals surface area contributed by atoms with Crippen LogP contribution < -0.4 is 0 Å². The summed E-state index contributed by atoms with van der Waals surface area (Å²) in [4.78, 5) is 15.8. The third kappa shape index (κ3) is 1.47. The lowest BCUT2D eigenvalue weighted by atomic mass is 10.1. The van der Waals surface area contributed by atoms with Crippen molar-refractivity contribution < 1.29 is 4.92 Å². The first-order chi connectivity index (χ1) is 8.16. The van der Waals surface area contributed by atoms with Crippen molar-refractivity contribution in [3.05, 3.63) is 45.3 Å². The molecule has 5 heteroatoms. The number of non-ortho nitro benzene ring substituents is 1. The van der Waals surface area contributed by atoms with Crippen molar-refractivity contribution in [2.24, 2.45) is 0 Å². The maximum absolute atomic E-state index is 10.8. The molecule has 1 aromatic carbocycles. The van der Waals surface area contributed by atoms with Crippen LogP contribution in [-0.2, 0) is 0 Å². The van der Waals surface area contributed by atoms with Gasteiger partial charge >= 0.3 is 0 Å². The lowest BCUT2D eigenvalue weighted by Gasteiger charge is -2.03. The number of rotatable bonds is 1. The molecule has 0 spiro atoms. The van der Waals surface area contributed by atoms with Crippen LogP contribution in [0.4, 0.5) is 5.69 Å². The van der Waals surface area contributed by atoms with Gasteiger partial charge in [0.05, 0.1) is 10.4 Å². The van der Waals surface area contributed by atoms with E-state index in [1.807, 2.05) is 18.4 Å². The van der Waals surface area contributed by atoms with Gasteiger partial charge in [-0.3, -0.25) is 10.1 Å². The van der Waals surface area contributed by atoms with Crippen LogP contribution in [0.25, 0.3) is 21.1 Å². The van der Waals surface area contributed by atoms with Crippen LogP contribution >= 0.6 is 11.3 Å². The Morgan fingerprint density at radius 3 is 2.88 bits per heavy atom. The van der Waals surface area contributed by atoms with E-state index in [9.17, 15) is 10.1 Å². The summed E-state index contributed by atoms with van der Waals surface area (Å²) in [5.41, 5.74) is 1.97. The molecule has 0 unspecified atom stereocenters. The fraction of sp³-hybridized carbons (Fsp3) is 0.0833. The van der Waals surface area contributed by atoms with Crippen molar-refractivity contribution in [2.45, 2.75) is 6.92 Å². The van der Waals surface area contributed by atoms with E-state index >= 15 is 0 Å². The number of nitro benzene ring substituents is 1. The van der Waals surface area contributed by atoms with Gasteiger partial charge < -0.3 is 0 Å². The predicted octanol–water partition coefficient (Wildman–Crippen LogP) is 3.67. The Morgan fingerprint density at radius 2 is 2.12 bits per heavy atom. The zero-order valence-electron chi connectivity index (χ0n) is 9.01. The zero-order chi connectivity index (χ0) is 12.0. The van der Waals surface area contributed by atoms with Gasteiger partial charge in [0.25, 0.3) is 5.69 Å². The van der Waals surface area contributed by atoms with Gasteiger partial charge in [0.1, 0.15) is 4.83 Å². The zero-order valence-corrected chi connectivity index (χ0v) is 9.82. The normalized spacial score (nSPS) is 11.1. The minimum Gasteiger partial charge on any atom is -0.258 e. The van der Waals surface area contributed by atoms with E-state index in [2.05, 4.69) is 4.98 Å². The molecule has 0 aliphatic carbocycles. The summed E-state index contributed by atoms with van der Waals surface area (Å²) in [5, 5.41) is 14.7. The van der Waals surface area contributed by atoms with E-state index in [4.69, 9.17) is 0 Å². The molecule has 0 bridgehead atoms. The SMILES string of the molecule is Cc1c2cc([N+](=O)[O-])ccc2nc2sccc12. The summed E-state index contributed by atoms with van der Waals surface area (Å²) in [5.74, 6) is 0. The van der Waals surface area contributed by atoms with Crippen LogP contribution in [0.2, 0.25) is 0 Å². The molecule has 4 nitrogen and oxygen atoms in total. The summed E-state index contributed by atoms with van der Waals surface area (Å²) < 4.78 is 0. The number of hydrogen-bond donors (Lipinski definition) is 0. The summed E-state index contributed by atoms with van der Waals surface area (Å²) >= 11 is 1.58. The summed E-state index contributed by atoms with van der Waals surface area (Å²) in [6.45, 7) is 1.97. The summed E-state index contributed by atoms with van der Waals surface area (Å²) in [6, 6.07) is 6.79. The van der Waals surface area contributed by atoms with Gasteiger partial charge in [0.15, 0.2) is 0 Å². The molecule has 0 N–H and O–H groups in total.